The average Bonchev–Trinajstić information content (AvgIpc) is 1.25. The third-order valence-corrected chi connectivity index (χ3v) is 0.321. The molecule has 0 amide bonds. The molecule has 0 aromatic rings. The largest absolute Gasteiger partial charge is 0.487 e. The van der Waals surface area contributed by atoms with Crippen molar-refractivity contribution in [1.82, 2.24) is 0 Å². The van der Waals surface area contributed by atoms with Crippen LogP contribution in [0, 0.1) is 0 Å². The second-order valence-corrected chi connectivity index (χ2v) is 0.996. The molecule has 0 atom stereocenters. The van der Waals surface area contributed by atoms with Crippen molar-refractivity contribution in [3.8, 4) is 0 Å². The molecule has 0 fully saturated rings. The minimum absolute atomic E-state index is 0. The van der Waals surface area contributed by atoms with Gasteiger partial charge in [-0.1, -0.05) is 0 Å². The first-order valence-electron chi connectivity index (χ1n) is 1.38. The second kappa shape index (κ2) is 2.64. The lowest BCUT2D eigenvalue weighted by Gasteiger charge is -2.08. The number of hydrogen-bond donors (Lipinski definition) is 0. The van der Waals surface area contributed by atoms with Gasteiger partial charge in [-0.15, -0.1) is 12.4 Å². The van der Waals surface area contributed by atoms with E-state index in [0.29, 0.717) is 0 Å². The molecular weight excluding hydrogens is 173 g/mol. The highest BCUT2D eigenvalue weighted by molar-refractivity contribution is 5.85. The molecule has 0 unspecified atom stereocenters. The first-order chi connectivity index (χ1) is 3.25. The van der Waals surface area contributed by atoms with Crippen molar-refractivity contribution in [1.29, 1.82) is 0 Å². The van der Waals surface area contributed by atoms with Gasteiger partial charge >= 0.3 is 12.4 Å². The average molecular weight is 174 g/mol. The van der Waals surface area contributed by atoms with E-state index in [4.69, 9.17) is 0 Å². The predicted octanol–water partition coefficient (Wildman–Crippen LogP) is 2.53. The van der Waals surface area contributed by atoms with Crippen molar-refractivity contribution in [3.63, 3.8) is 0 Å². The zero-order valence-corrected chi connectivity index (χ0v) is 4.49. The minimum atomic E-state index is -6.06. The summed E-state index contributed by atoms with van der Waals surface area (Å²) in [6.45, 7) is 0. The maximum Gasteiger partial charge on any atom is 0.487 e. The predicted molar refractivity (Wildman–Crippen MR) is 19.4 cm³/mol. The Morgan fingerprint density at radius 3 is 0.667 bits per heavy atom. The SMILES string of the molecule is Cl.FC(F)(F)C(F)(F)F. The van der Waals surface area contributed by atoms with Gasteiger partial charge in [-0.2, -0.15) is 26.3 Å². The molecule has 7 heteroatoms. The fourth-order valence-corrected chi connectivity index (χ4v) is 0. The van der Waals surface area contributed by atoms with E-state index in [2.05, 4.69) is 0 Å². The molecule has 9 heavy (non-hydrogen) atoms. The van der Waals surface area contributed by atoms with Crippen LogP contribution < -0.4 is 0 Å². The Balaban J connectivity index is 0. The van der Waals surface area contributed by atoms with Crippen LogP contribution in [0.25, 0.3) is 0 Å². The van der Waals surface area contributed by atoms with E-state index in [-0.39, 0.29) is 12.4 Å². The maximum absolute atomic E-state index is 10.4. The van der Waals surface area contributed by atoms with E-state index >= 15 is 0 Å². The van der Waals surface area contributed by atoms with Crippen LogP contribution in [-0.2, 0) is 0 Å². The van der Waals surface area contributed by atoms with Crippen LogP contribution in [0.3, 0.4) is 0 Å². The summed E-state index contributed by atoms with van der Waals surface area (Å²) in [7, 11) is 0. The van der Waals surface area contributed by atoms with Gasteiger partial charge in [0, 0.05) is 0 Å². The third kappa shape index (κ3) is 3.45. The monoisotopic (exact) mass is 174 g/mol. The number of hydrogen-bond acceptors (Lipinski definition) is 0. The van der Waals surface area contributed by atoms with E-state index in [1.165, 1.54) is 0 Å². The third-order valence-electron chi connectivity index (χ3n) is 0.321. The first-order valence-corrected chi connectivity index (χ1v) is 1.38. The molecule has 0 heterocycles. The Bertz CT molecular complexity index is 66.0. The van der Waals surface area contributed by atoms with E-state index in [0.717, 1.165) is 0 Å². The van der Waals surface area contributed by atoms with Crippen LogP contribution in [0.2, 0.25) is 0 Å². The molecule has 0 bridgehead atoms. The van der Waals surface area contributed by atoms with Gasteiger partial charge in [0.2, 0.25) is 0 Å². The topological polar surface area (TPSA) is 0 Å². The van der Waals surface area contributed by atoms with Gasteiger partial charge in [-0.3, -0.25) is 0 Å². The summed E-state index contributed by atoms with van der Waals surface area (Å²) in [6, 6.07) is 0. The van der Waals surface area contributed by atoms with E-state index in [1.807, 2.05) is 0 Å². The van der Waals surface area contributed by atoms with Crippen molar-refractivity contribution in [2.45, 2.75) is 12.4 Å². The normalized spacial score (nSPS) is 12.7. The minimum Gasteiger partial charge on any atom is -0.162 e. The van der Waals surface area contributed by atoms with Crippen LogP contribution in [-0.4, -0.2) is 12.4 Å². The summed E-state index contributed by atoms with van der Waals surface area (Å²) in [5, 5.41) is 0. The fourth-order valence-electron chi connectivity index (χ4n) is 0. The Hall–Kier alpha value is -0.130. The molecule has 0 aliphatic rings. The van der Waals surface area contributed by atoms with Crippen molar-refractivity contribution >= 4 is 12.4 Å². The lowest BCUT2D eigenvalue weighted by Crippen LogP contribution is -2.30. The van der Waals surface area contributed by atoms with E-state index in [1.54, 1.807) is 0 Å². The molecule has 0 aliphatic carbocycles. The van der Waals surface area contributed by atoms with Gasteiger partial charge < -0.3 is 0 Å². The smallest absolute Gasteiger partial charge is 0.162 e. The van der Waals surface area contributed by atoms with Crippen LogP contribution in [0.1, 0.15) is 0 Å². The molecule has 0 saturated carbocycles. The maximum atomic E-state index is 10.4. The highest BCUT2D eigenvalue weighted by atomic mass is 35.5. The van der Waals surface area contributed by atoms with Crippen molar-refractivity contribution in [2.75, 3.05) is 0 Å². The summed E-state index contributed by atoms with van der Waals surface area (Å²) in [6.07, 6.45) is -12.1. The highest BCUT2D eigenvalue weighted by Gasteiger charge is 2.58. The van der Waals surface area contributed by atoms with Crippen molar-refractivity contribution < 1.29 is 26.3 Å². The molecule has 0 saturated heterocycles. The number of alkyl halides is 6. The Kier molecular flexibility index (Phi) is 3.41. The van der Waals surface area contributed by atoms with Crippen LogP contribution in [0.15, 0.2) is 0 Å². The summed E-state index contributed by atoms with van der Waals surface area (Å²) in [5.41, 5.74) is 0. The lowest BCUT2D eigenvalue weighted by molar-refractivity contribution is -0.339. The van der Waals surface area contributed by atoms with Gasteiger partial charge in [0.1, 0.15) is 0 Å². The number of halogens is 7. The zero-order valence-electron chi connectivity index (χ0n) is 3.68. The molecule has 0 aromatic carbocycles. The summed E-state index contributed by atoms with van der Waals surface area (Å²) >= 11 is 0. The van der Waals surface area contributed by atoms with Gasteiger partial charge in [0.05, 0.1) is 0 Å². The highest BCUT2D eigenvalue weighted by Crippen LogP contribution is 2.35. The Morgan fingerprint density at radius 1 is 0.556 bits per heavy atom. The fraction of sp³-hybridized carbons (Fsp3) is 1.00. The summed E-state index contributed by atoms with van der Waals surface area (Å²) < 4.78 is 62.6. The first kappa shape index (κ1) is 11.6. The Morgan fingerprint density at radius 2 is 0.667 bits per heavy atom. The van der Waals surface area contributed by atoms with Gasteiger partial charge in [-0.25, -0.2) is 0 Å². The second-order valence-electron chi connectivity index (χ2n) is 0.996. The lowest BCUT2D eigenvalue weighted by atomic mass is 10.7. The molecule has 0 aromatic heterocycles. The summed E-state index contributed by atoms with van der Waals surface area (Å²) in [5.74, 6) is 0. The molecule has 0 spiro atoms. The molecular formula is C2HClF6. The quantitative estimate of drug-likeness (QED) is 0.495. The molecule has 0 radical (unpaired) electrons. The molecule has 0 aliphatic heterocycles. The standard InChI is InChI=1S/C2F6.ClH/c3-1(4,5)2(6,7)8;/h;1H. The van der Waals surface area contributed by atoms with Gasteiger partial charge in [0.25, 0.3) is 0 Å². The van der Waals surface area contributed by atoms with Crippen molar-refractivity contribution in [3.05, 3.63) is 0 Å². The Labute approximate surface area is 52.3 Å². The van der Waals surface area contributed by atoms with E-state index < -0.39 is 12.4 Å². The van der Waals surface area contributed by atoms with Gasteiger partial charge in [0.15, 0.2) is 0 Å². The van der Waals surface area contributed by atoms with Crippen LogP contribution in [0.5, 0.6) is 0 Å². The zero-order chi connectivity index (χ0) is 7.00. The van der Waals surface area contributed by atoms with E-state index in [9.17, 15) is 26.3 Å². The van der Waals surface area contributed by atoms with Gasteiger partial charge in [-0.05, 0) is 0 Å². The molecule has 0 rings (SSSR count). The molecule has 0 nitrogen and oxygen atoms in total. The molecule has 58 valence electrons. The molecule has 0 N–H and O–H groups in total. The van der Waals surface area contributed by atoms with Crippen molar-refractivity contribution in [2.24, 2.45) is 0 Å². The van der Waals surface area contributed by atoms with Crippen LogP contribution >= 0.6 is 12.4 Å². The number of rotatable bonds is 0. The van der Waals surface area contributed by atoms with Crippen LogP contribution in [0.4, 0.5) is 26.3 Å². The summed E-state index contributed by atoms with van der Waals surface area (Å²) in [4.78, 5) is 0.